The van der Waals surface area contributed by atoms with Crippen molar-refractivity contribution in [2.45, 2.75) is 57.5 Å². The Morgan fingerprint density at radius 1 is 0.781 bits per heavy atom. The topological polar surface area (TPSA) is 19.0 Å². The SMILES string of the molecule is c1ccc2c(c1)CCN2C1CCN(Cc2ccc(OCCCN3CCCCC3)cc2)CC1. The van der Waals surface area contributed by atoms with E-state index in [1.165, 1.54) is 94.6 Å². The summed E-state index contributed by atoms with van der Waals surface area (Å²) < 4.78 is 6.00. The monoisotopic (exact) mass is 433 g/mol. The molecule has 0 N–H and O–H groups in total. The molecule has 0 aromatic heterocycles. The van der Waals surface area contributed by atoms with Crippen LogP contribution in [0.3, 0.4) is 0 Å². The minimum Gasteiger partial charge on any atom is -0.494 e. The fourth-order valence-electron chi connectivity index (χ4n) is 5.74. The molecule has 3 heterocycles. The maximum absolute atomic E-state index is 6.00. The van der Waals surface area contributed by atoms with Crippen LogP contribution in [0.2, 0.25) is 0 Å². The molecule has 0 unspecified atom stereocenters. The number of nitrogens with zero attached hydrogens (tertiary/aromatic N) is 3. The summed E-state index contributed by atoms with van der Waals surface area (Å²) in [6.07, 6.45) is 9.02. The fraction of sp³-hybridized carbons (Fsp3) is 0.571. The second-order valence-electron chi connectivity index (χ2n) is 9.83. The highest BCUT2D eigenvalue weighted by molar-refractivity contribution is 5.58. The number of ether oxygens (including phenoxy) is 1. The lowest BCUT2D eigenvalue weighted by atomic mass is 10.0. The Balaban J connectivity index is 1.03. The van der Waals surface area contributed by atoms with Crippen molar-refractivity contribution in [3.63, 3.8) is 0 Å². The maximum atomic E-state index is 6.00. The van der Waals surface area contributed by atoms with Crippen LogP contribution in [0.4, 0.5) is 5.69 Å². The van der Waals surface area contributed by atoms with Gasteiger partial charge in [0.25, 0.3) is 0 Å². The zero-order valence-corrected chi connectivity index (χ0v) is 19.6. The highest BCUT2D eigenvalue weighted by Gasteiger charge is 2.28. The van der Waals surface area contributed by atoms with Gasteiger partial charge in [-0.25, -0.2) is 0 Å². The number of rotatable bonds is 8. The quantitative estimate of drug-likeness (QED) is 0.547. The number of likely N-dealkylation sites (tertiary alicyclic amines) is 2. The smallest absolute Gasteiger partial charge is 0.119 e. The van der Waals surface area contributed by atoms with Crippen molar-refractivity contribution in [2.24, 2.45) is 0 Å². The van der Waals surface area contributed by atoms with Crippen LogP contribution < -0.4 is 9.64 Å². The average Bonchev–Trinajstić information content (AvgIpc) is 3.28. The van der Waals surface area contributed by atoms with Crippen LogP contribution in [0.1, 0.15) is 49.7 Å². The van der Waals surface area contributed by atoms with Crippen molar-refractivity contribution in [1.82, 2.24) is 9.80 Å². The first-order chi connectivity index (χ1) is 15.8. The van der Waals surface area contributed by atoms with Crippen molar-refractivity contribution in [3.05, 3.63) is 59.7 Å². The number of benzene rings is 2. The second kappa shape index (κ2) is 10.7. The van der Waals surface area contributed by atoms with Gasteiger partial charge in [-0.3, -0.25) is 4.90 Å². The molecule has 0 bridgehead atoms. The molecule has 5 rings (SSSR count). The summed E-state index contributed by atoms with van der Waals surface area (Å²) in [5.74, 6) is 1.01. The number of hydrogen-bond donors (Lipinski definition) is 0. The molecule has 0 amide bonds. The first kappa shape index (κ1) is 21.8. The average molecular weight is 434 g/mol. The molecule has 2 aromatic carbocycles. The van der Waals surface area contributed by atoms with Crippen LogP contribution >= 0.6 is 0 Å². The Hall–Kier alpha value is -2.04. The van der Waals surface area contributed by atoms with Gasteiger partial charge < -0.3 is 14.5 Å². The number of para-hydroxylation sites is 1. The predicted molar refractivity (Wildman–Crippen MR) is 133 cm³/mol. The Morgan fingerprint density at radius 2 is 1.56 bits per heavy atom. The van der Waals surface area contributed by atoms with E-state index < -0.39 is 0 Å². The van der Waals surface area contributed by atoms with Crippen LogP contribution in [0.15, 0.2) is 48.5 Å². The van der Waals surface area contributed by atoms with Crippen LogP contribution in [-0.4, -0.2) is 61.7 Å². The van der Waals surface area contributed by atoms with Gasteiger partial charge in [0.05, 0.1) is 6.61 Å². The van der Waals surface area contributed by atoms with E-state index in [2.05, 4.69) is 63.2 Å². The lowest BCUT2D eigenvalue weighted by Crippen LogP contribution is -2.44. The Bertz CT molecular complexity index is 838. The van der Waals surface area contributed by atoms with Gasteiger partial charge in [-0.05, 0) is 80.9 Å². The van der Waals surface area contributed by atoms with E-state index in [1.807, 2.05) is 0 Å². The third kappa shape index (κ3) is 5.47. The third-order valence-electron chi connectivity index (χ3n) is 7.59. The molecule has 0 atom stereocenters. The predicted octanol–water partition coefficient (Wildman–Crippen LogP) is 4.97. The first-order valence-corrected chi connectivity index (χ1v) is 12.9. The van der Waals surface area contributed by atoms with E-state index >= 15 is 0 Å². The number of fused-ring (bicyclic) bond motifs is 1. The Labute approximate surface area is 194 Å². The van der Waals surface area contributed by atoms with Crippen LogP contribution in [0.5, 0.6) is 5.75 Å². The normalized spacial score (nSPS) is 20.4. The highest BCUT2D eigenvalue weighted by Crippen LogP contribution is 2.32. The number of piperidine rings is 2. The molecule has 4 nitrogen and oxygen atoms in total. The van der Waals surface area contributed by atoms with E-state index in [-0.39, 0.29) is 0 Å². The Morgan fingerprint density at radius 3 is 2.38 bits per heavy atom. The van der Waals surface area contributed by atoms with Gasteiger partial charge in [0, 0.05) is 44.5 Å². The minimum atomic E-state index is 0.704. The maximum Gasteiger partial charge on any atom is 0.119 e. The van der Waals surface area contributed by atoms with Crippen molar-refractivity contribution in [1.29, 1.82) is 0 Å². The molecule has 0 saturated carbocycles. The summed E-state index contributed by atoms with van der Waals surface area (Å²) in [5.41, 5.74) is 4.41. The Kier molecular flexibility index (Phi) is 7.30. The summed E-state index contributed by atoms with van der Waals surface area (Å²) in [6, 6.07) is 18.5. The van der Waals surface area contributed by atoms with Gasteiger partial charge in [-0.1, -0.05) is 36.8 Å². The fourth-order valence-corrected chi connectivity index (χ4v) is 5.74. The van der Waals surface area contributed by atoms with E-state index in [0.29, 0.717) is 6.04 Å². The molecule has 32 heavy (non-hydrogen) atoms. The number of hydrogen-bond acceptors (Lipinski definition) is 4. The molecule has 4 heteroatoms. The summed E-state index contributed by atoms with van der Waals surface area (Å²) in [7, 11) is 0. The molecule has 0 spiro atoms. The van der Waals surface area contributed by atoms with Gasteiger partial charge in [-0.15, -0.1) is 0 Å². The molecule has 2 saturated heterocycles. The molecule has 2 fully saturated rings. The zero-order chi connectivity index (χ0) is 21.6. The lowest BCUT2D eigenvalue weighted by Gasteiger charge is -2.38. The largest absolute Gasteiger partial charge is 0.494 e. The van der Waals surface area contributed by atoms with Gasteiger partial charge in [0.15, 0.2) is 0 Å². The van der Waals surface area contributed by atoms with E-state index in [0.717, 1.165) is 25.3 Å². The molecule has 3 aliphatic heterocycles. The minimum absolute atomic E-state index is 0.704. The molecular formula is C28H39N3O. The van der Waals surface area contributed by atoms with Crippen molar-refractivity contribution in [3.8, 4) is 5.75 Å². The van der Waals surface area contributed by atoms with Gasteiger partial charge in [-0.2, -0.15) is 0 Å². The van der Waals surface area contributed by atoms with Gasteiger partial charge in [0.2, 0.25) is 0 Å². The molecule has 0 aliphatic carbocycles. The second-order valence-corrected chi connectivity index (χ2v) is 9.83. The standard InChI is InChI=1S/C28H39N3O/c1-4-16-29(17-5-1)18-6-22-32-27-11-9-24(10-12-27)23-30-19-14-26(15-20-30)31-21-13-25-7-2-3-8-28(25)31/h2-3,7-12,26H,1,4-6,13-23H2. The molecular weight excluding hydrogens is 394 g/mol. The van der Waals surface area contributed by atoms with Gasteiger partial charge in [0.1, 0.15) is 5.75 Å². The van der Waals surface area contributed by atoms with Crippen LogP contribution in [0.25, 0.3) is 0 Å². The van der Waals surface area contributed by atoms with Gasteiger partial charge >= 0.3 is 0 Å². The zero-order valence-electron chi connectivity index (χ0n) is 19.6. The molecule has 3 aliphatic rings. The van der Waals surface area contributed by atoms with E-state index in [4.69, 9.17) is 4.74 Å². The summed E-state index contributed by atoms with van der Waals surface area (Å²) in [4.78, 5) is 7.87. The van der Waals surface area contributed by atoms with E-state index in [9.17, 15) is 0 Å². The van der Waals surface area contributed by atoms with E-state index in [1.54, 1.807) is 0 Å². The summed E-state index contributed by atoms with van der Waals surface area (Å²) in [6.45, 7) is 9.19. The summed E-state index contributed by atoms with van der Waals surface area (Å²) >= 11 is 0. The first-order valence-electron chi connectivity index (χ1n) is 12.9. The lowest BCUT2D eigenvalue weighted by molar-refractivity contribution is 0.201. The van der Waals surface area contributed by atoms with Crippen LogP contribution in [-0.2, 0) is 13.0 Å². The molecule has 172 valence electrons. The van der Waals surface area contributed by atoms with Crippen molar-refractivity contribution < 1.29 is 4.74 Å². The molecule has 2 aromatic rings. The van der Waals surface area contributed by atoms with Crippen molar-refractivity contribution >= 4 is 5.69 Å². The third-order valence-corrected chi connectivity index (χ3v) is 7.59. The highest BCUT2D eigenvalue weighted by atomic mass is 16.5. The summed E-state index contributed by atoms with van der Waals surface area (Å²) in [5, 5.41) is 0. The van der Waals surface area contributed by atoms with Crippen LogP contribution in [0, 0.1) is 0 Å². The number of anilines is 1. The molecule has 0 radical (unpaired) electrons. The van der Waals surface area contributed by atoms with Crippen molar-refractivity contribution in [2.75, 3.05) is 50.8 Å².